The molecule has 2 amide bonds. The standard InChI is InChI=1S/C22H23NO4S/c1-4-5-12-27-18-11-10-16(13-19(18)26-3)14-20-21(24)23(22(25)28-20)17-9-7-6-8-15(17)2/h6-11,13-14H,4-5,12H2,1-3H3/b20-14-. The average Bonchev–Trinajstić information content (AvgIpc) is 2.96. The molecule has 0 aromatic heterocycles. The molecule has 1 fully saturated rings. The Morgan fingerprint density at radius 3 is 2.61 bits per heavy atom. The maximum absolute atomic E-state index is 12.8. The minimum Gasteiger partial charge on any atom is -0.493 e. The molecule has 3 rings (SSSR count). The number of thioether (sulfide) groups is 1. The summed E-state index contributed by atoms with van der Waals surface area (Å²) in [6, 6.07) is 12.8. The molecule has 5 nitrogen and oxygen atoms in total. The third-order valence-corrected chi connectivity index (χ3v) is 5.26. The highest BCUT2D eigenvalue weighted by atomic mass is 32.2. The molecule has 2 aromatic carbocycles. The summed E-state index contributed by atoms with van der Waals surface area (Å²) in [7, 11) is 1.58. The van der Waals surface area contributed by atoms with E-state index < -0.39 is 0 Å². The van der Waals surface area contributed by atoms with Crippen LogP contribution in [0, 0.1) is 6.92 Å². The van der Waals surface area contributed by atoms with Gasteiger partial charge in [-0.25, -0.2) is 4.90 Å². The van der Waals surface area contributed by atoms with Crippen LogP contribution in [-0.2, 0) is 4.79 Å². The Hall–Kier alpha value is -2.73. The number of hydrogen-bond acceptors (Lipinski definition) is 5. The van der Waals surface area contributed by atoms with Crippen LogP contribution in [0.1, 0.15) is 30.9 Å². The van der Waals surface area contributed by atoms with Crippen LogP contribution in [0.2, 0.25) is 0 Å². The van der Waals surface area contributed by atoms with Crippen LogP contribution in [0.3, 0.4) is 0 Å². The molecule has 1 aliphatic rings. The van der Waals surface area contributed by atoms with Crippen LogP contribution in [0.4, 0.5) is 10.5 Å². The fraction of sp³-hybridized carbons (Fsp3) is 0.273. The number of nitrogens with zero attached hydrogens (tertiary/aromatic N) is 1. The molecule has 28 heavy (non-hydrogen) atoms. The predicted molar refractivity (Wildman–Crippen MR) is 113 cm³/mol. The molecule has 2 aromatic rings. The molecule has 0 bridgehead atoms. The Morgan fingerprint density at radius 2 is 1.89 bits per heavy atom. The van der Waals surface area contributed by atoms with E-state index in [0.717, 1.165) is 35.7 Å². The van der Waals surface area contributed by atoms with Crippen LogP contribution >= 0.6 is 11.8 Å². The van der Waals surface area contributed by atoms with Crippen molar-refractivity contribution in [2.45, 2.75) is 26.7 Å². The van der Waals surface area contributed by atoms with Gasteiger partial charge in [-0.1, -0.05) is 37.6 Å². The minimum atomic E-state index is -0.313. The number of rotatable bonds is 7. The number of imide groups is 1. The van der Waals surface area contributed by atoms with Gasteiger partial charge in [0.05, 0.1) is 24.3 Å². The van der Waals surface area contributed by atoms with E-state index in [2.05, 4.69) is 6.92 Å². The van der Waals surface area contributed by atoms with E-state index in [-0.39, 0.29) is 11.1 Å². The maximum Gasteiger partial charge on any atom is 0.298 e. The second-order valence-corrected chi connectivity index (χ2v) is 7.41. The fourth-order valence-electron chi connectivity index (χ4n) is 2.86. The highest BCUT2D eigenvalue weighted by Crippen LogP contribution is 2.38. The first-order valence-electron chi connectivity index (χ1n) is 9.19. The fourth-order valence-corrected chi connectivity index (χ4v) is 3.70. The van der Waals surface area contributed by atoms with E-state index in [0.29, 0.717) is 28.7 Å². The van der Waals surface area contributed by atoms with Crippen molar-refractivity contribution in [2.24, 2.45) is 0 Å². The summed E-state index contributed by atoms with van der Waals surface area (Å²) in [6.45, 7) is 4.61. The van der Waals surface area contributed by atoms with Crippen molar-refractivity contribution in [3.63, 3.8) is 0 Å². The monoisotopic (exact) mass is 397 g/mol. The number of methoxy groups -OCH3 is 1. The summed E-state index contributed by atoms with van der Waals surface area (Å²) in [4.78, 5) is 26.9. The number of ether oxygens (including phenoxy) is 2. The minimum absolute atomic E-state index is 0.294. The maximum atomic E-state index is 12.8. The largest absolute Gasteiger partial charge is 0.493 e. The van der Waals surface area contributed by atoms with Crippen molar-refractivity contribution < 1.29 is 19.1 Å². The molecule has 0 aliphatic carbocycles. The molecule has 6 heteroatoms. The van der Waals surface area contributed by atoms with Gasteiger partial charge < -0.3 is 9.47 Å². The SMILES string of the molecule is CCCCOc1ccc(/C=C2\SC(=O)N(c3ccccc3C)C2=O)cc1OC. The molecule has 1 heterocycles. The van der Waals surface area contributed by atoms with Crippen LogP contribution in [-0.4, -0.2) is 24.9 Å². The van der Waals surface area contributed by atoms with E-state index in [1.54, 1.807) is 19.3 Å². The molecule has 1 aliphatic heterocycles. The number of unbranched alkanes of at least 4 members (excludes halogenated alkanes) is 1. The summed E-state index contributed by atoms with van der Waals surface area (Å²) < 4.78 is 11.2. The zero-order valence-corrected chi connectivity index (χ0v) is 17.0. The molecule has 0 N–H and O–H groups in total. The summed E-state index contributed by atoms with van der Waals surface area (Å²) in [5.41, 5.74) is 2.27. The van der Waals surface area contributed by atoms with Gasteiger partial charge in [-0.15, -0.1) is 0 Å². The van der Waals surface area contributed by atoms with Crippen LogP contribution in [0.25, 0.3) is 6.08 Å². The van der Waals surface area contributed by atoms with Gasteiger partial charge >= 0.3 is 0 Å². The lowest BCUT2D eigenvalue weighted by Gasteiger charge is -2.14. The van der Waals surface area contributed by atoms with Crippen molar-refractivity contribution in [3.05, 3.63) is 58.5 Å². The number of aryl methyl sites for hydroxylation is 1. The normalized spacial score (nSPS) is 15.4. The third kappa shape index (κ3) is 4.22. The van der Waals surface area contributed by atoms with Crippen LogP contribution in [0.5, 0.6) is 11.5 Å². The van der Waals surface area contributed by atoms with Crippen molar-refractivity contribution >= 4 is 34.7 Å². The Balaban J connectivity index is 1.85. The first-order valence-corrected chi connectivity index (χ1v) is 10.0. The van der Waals surface area contributed by atoms with Gasteiger partial charge in [0, 0.05) is 0 Å². The number of carbonyl (C=O) groups is 2. The highest BCUT2D eigenvalue weighted by Gasteiger charge is 2.36. The summed E-state index contributed by atoms with van der Waals surface area (Å²) in [6.07, 6.45) is 3.73. The smallest absolute Gasteiger partial charge is 0.298 e. The number of benzene rings is 2. The number of para-hydroxylation sites is 1. The quantitative estimate of drug-likeness (QED) is 0.461. The molecule has 0 atom stereocenters. The molecule has 1 saturated heterocycles. The highest BCUT2D eigenvalue weighted by molar-refractivity contribution is 8.19. The zero-order chi connectivity index (χ0) is 20.1. The zero-order valence-electron chi connectivity index (χ0n) is 16.2. The Bertz CT molecular complexity index is 923. The van der Waals surface area contributed by atoms with Gasteiger partial charge in [-0.2, -0.15) is 0 Å². The topological polar surface area (TPSA) is 55.8 Å². The van der Waals surface area contributed by atoms with Crippen molar-refractivity contribution in [1.29, 1.82) is 0 Å². The van der Waals surface area contributed by atoms with Crippen molar-refractivity contribution in [1.82, 2.24) is 0 Å². The van der Waals surface area contributed by atoms with Crippen LogP contribution in [0.15, 0.2) is 47.4 Å². The predicted octanol–water partition coefficient (Wildman–Crippen LogP) is 5.42. The lowest BCUT2D eigenvalue weighted by atomic mass is 10.1. The molecular weight excluding hydrogens is 374 g/mol. The van der Waals surface area contributed by atoms with Gasteiger partial charge in [0.15, 0.2) is 11.5 Å². The summed E-state index contributed by atoms with van der Waals surface area (Å²) in [5, 5.41) is -0.294. The Kier molecular flexibility index (Phi) is 6.41. The molecular formula is C22H23NO4S. The number of carbonyl (C=O) groups excluding carboxylic acids is 2. The summed E-state index contributed by atoms with van der Waals surface area (Å²) >= 11 is 0.941. The van der Waals surface area contributed by atoms with Crippen LogP contribution < -0.4 is 14.4 Å². The number of amides is 2. The van der Waals surface area contributed by atoms with Crippen molar-refractivity contribution in [2.75, 3.05) is 18.6 Å². The van der Waals surface area contributed by atoms with E-state index in [4.69, 9.17) is 9.47 Å². The second-order valence-electron chi connectivity index (χ2n) is 6.42. The molecule has 146 valence electrons. The van der Waals surface area contributed by atoms with Gasteiger partial charge in [0.1, 0.15) is 0 Å². The summed E-state index contributed by atoms with van der Waals surface area (Å²) in [5.74, 6) is 0.954. The second kappa shape index (κ2) is 8.97. The number of hydrogen-bond donors (Lipinski definition) is 0. The van der Waals surface area contributed by atoms with Gasteiger partial charge in [0.2, 0.25) is 0 Å². The first kappa shape index (κ1) is 20.0. The van der Waals surface area contributed by atoms with Crippen molar-refractivity contribution in [3.8, 4) is 11.5 Å². The molecule has 0 spiro atoms. The van der Waals surface area contributed by atoms with E-state index >= 15 is 0 Å². The Labute approximate surface area is 169 Å². The van der Waals surface area contributed by atoms with Gasteiger partial charge in [0.25, 0.3) is 11.1 Å². The first-order chi connectivity index (χ1) is 13.5. The lowest BCUT2D eigenvalue weighted by molar-refractivity contribution is -0.113. The number of anilines is 1. The Morgan fingerprint density at radius 1 is 1.11 bits per heavy atom. The third-order valence-electron chi connectivity index (χ3n) is 4.39. The molecule has 0 saturated carbocycles. The molecule has 0 unspecified atom stereocenters. The molecule has 0 radical (unpaired) electrons. The average molecular weight is 397 g/mol. The van der Waals surface area contributed by atoms with E-state index in [1.165, 1.54) is 4.90 Å². The lowest BCUT2D eigenvalue weighted by Crippen LogP contribution is -2.28. The van der Waals surface area contributed by atoms with E-state index in [1.807, 2.05) is 43.3 Å². The van der Waals surface area contributed by atoms with E-state index in [9.17, 15) is 9.59 Å². The van der Waals surface area contributed by atoms with Gasteiger partial charge in [-0.3, -0.25) is 9.59 Å². The van der Waals surface area contributed by atoms with Gasteiger partial charge in [-0.05, 0) is 60.5 Å².